The highest BCUT2D eigenvalue weighted by Crippen LogP contribution is 2.39. The summed E-state index contributed by atoms with van der Waals surface area (Å²) >= 11 is 0. The molecule has 0 saturated heterocycles. The molecule has 0 radical (unpaired) electrons. The molecule has 0 atom stereocenters. The van der Waals surface area contributed by atoms with Crippen molar-refractivity contribution in [2.24, 2.45) is 17.3 Å². The summed E-state index contributed by atoms with van der Waals surface area (Å²) in [5.41, 5.74) is 5.96. The molecule has 132 valence electrons. The summed E-state index contributed by atoms with van der Waals surface area (Å²) in [7, 11) is 0. The second kappa shape index (κ2) is 7.77. The summed E-state index contributed by atoms with van der Waals surface area (Å²) in [6.45, 7) is 6.73. The van der Waals surface area contributed by atoms with Crippen LogP contribution < -0.4 is 10.9 Å². The minimum Gasteiger partial charge on any atom is -0.273 e. The third-order valence-corrected chi connectivity index (χ3v) is 4.93. The zero-order chi connectivity index (χ0) is 17.7. The SMILES string of the molecule is CC(C)(C)C1CCC(C(=O)NNC(=O)Cc2ccc(F)cc2)CC1. The Bertz CT molecular complexity index is 570. The van der Waals surface area contributed by atoms with Gasteiger partial charge in [0.05, 0.1) is 6.42 Å². The van der Waals surface area contributed by atoms with Crippen molar-refractivity contribution >= 4 is 11.8 Å². The van der Waals surface area contributed by atoms with E-state index in [2.05, 4.69) is 31.6 Å². The molecular formula is C19H27FN2O2. The molecule has 0 unspecified atom stereocenters. The standard InChI is InChI=1S/C19H27FN2O2/c1-19(2,3)15-8-6-14(7-9-15)18(24)22-21-17(23)12-13-4-10-16(20)11-5-13/h4-5,10-11,14-15H,6-9,12H2,1-3H3,(H,21,23)(H,22,24). The van der Waals surface area contributed by atoms with E-state index >= 15 is 0 Å². The van der Waals surface area contributed by atoms with Crippen molar-refractivity contribution in [2.75, 3.05) is 0 Å². The maximum absolute atomic E-state index is 12.8. The predicted molar refractivity (Wildman–Crippen MR) is 91.3 cm³/mol. The normalized spacial score (nSPS) is 21.2. The number of amides is 2. The van der Waals surface area contributed by atoms with E-state index in [0.717, 1.165) is 25.7 Å². The third-order valence-electron chi connectivity index (χ3n) is 4.93. The van der Waals surface area contributed by atoms with Crippen molar-refractivity contribution in [1.29, 1.82) is 0 Å². The Hall–Kier alpha value is -1.91. The van der Waals surface area contributed by atoms with Crippen LogP contribution in [0.1, 0.15) is 52.0 Å². The van der Waals surface area contributed by atoms with Crippen molar-refractivity contribution in [2.45, 2.75) is 52.9 Å². The highest BCUT2D eigenvalue weighted by molar-refractivity contribution is 5.84. The van der Waals surface area contributed by atoms with Crippen molar-refractivity contribution in [3.8, 4) is 0 Å². The van der Waals surface area contributed by atoms with Gasteiger partial charge in [0, 0.05) is 5.92 Å². The topological polar surface area (TPSA) is 58.2 Å². The van der Waals surface area contributed by atoms with E-state index in [1.54, 1.807) is 12.1 Å². The fourth-order valence-electron chi connectivity index (χ4n) is 3.29. The lowest BCUT2D eigenvalue weighted by atomic mass is 9.70. The number of hydrogen-bond donors (Lipinski definition) is 2. The van der Waals surface area contributed by atoms with Crippen LogP contribution in [0, 0.1) is 23.1 Å². The minimum atomic E-state index is -0.335. The highest BCUT2D eigenvalue weighted by Gasteiger charge is 2.32. The molecule has 2 amide bonds. The number of nitrogens with one attached hydrogen (secondary N) is 2. The van der Waals surface area contributed by atoms with Gasteiger partial charge in [-0.2, -0.15) is 0 Å². The molecular weight excluding hydrogens is 307 g/mol. The van der Waals surface area contributed by atoms with Gasteiger partial charge in [0.1, 0.15) is 5.82 Å². The van der Waals surface area contributed by atoms with Crippen LogP contribution in [0.15, 0.2) is 24.3 Å². The lowest BCUT2D eigenvalue weighted by Crippen LogP contribution is -2.46. The zero-order valence-electron chi connectivity index (χ0n) is 14.7. The Morgan fingerprint density at radius 3 is 2.17 bits per heavy atom. The van der Waals surface area contributed by atoms with Gasteiger partial charge in [0.25, 0.3) is 0 Å². The number of carbonyl (C=O) groups excluding carboxylic acids is 2. The third kappa shape index (κ3) is 5.32. The first kappa shape index (κ1) is 18.4. The van der Waals surface area contributed by atoms with Gasteiger partial charge >= 0.3 is 0 Å². The first-order valence-corrected chi connectivity index (χ1v) is 8.59. The fraction of sp³-hybridized carbons (Fsp3) is 0.579. The average molecular weight is 334 g/mol. The van der Waals surface area contributed by atoms with Crippen LogP contribution in [-0.2, 0) is 16.0 Å². The summed E-state index contributed by atoms with van der Waals surface area (Å²) in [6, 6.07) is 5.75. The van der Waals surface area contributed by atoms with Crippen molar-refractivity contribution in [1.82, 2.24) is 10.9 Å². The lowest BCUT2D eigenvalue weighted by molar-refractivity contribution is -0.132. The summed E-state index contributed by atoms with van der Waals surface area (Å²) in [5.74, 6) is -0.143. The monoisotopic (exact) mass is 334 g/mol. The van der Waals surface area contributed by atoms with Crippen LogP contribution in [0.5, 0.6) is 0 Å². The molecule has 24 heavy (non-hydrogen) atoms. The minimum absolute atomic E-state index is 0.0327. The van der Waals surface area contributed by atoms with Crippen LogP contribution in [-0.4, -0.2) is 11.8 Å². The number of hydrogen-bond acceptors (Lipinski definition) is 2. The van der Waals surface area contributed by atoms with Crippen LogP contribution in [0.3, 0.4) is 0 Å². The van der Waals surface area contributed by atoms with E-state index in [1.165, 1.54) is 12.1 Å². The predicted octanol–water partition coefficient (Wildman–Crippen LogP) is 3.37. The van der Waals surface area contributed by atoms with Gasteiger partial charge < -0.3 is 0 Å². The Morgan fingerprint density at radius 2 is 1.62 bits per heavy atom. The first-order valence-electron chi connectivity index (χ1n) is 8.59. The number of halogens is 1. The zero-order valence-corrected chi connectivity index (χ0v) is 14.7. The van der Waals surface area contributed by atoms with Gasteiger partial charge in [-0.1, -0.05) is 32.9 Å². The van der Waals surface area contributed by atoms with Gasteiger partial charge in [0.15, 0.2) is 0 Å². The summed E-state index contributed by atoms with van der Waals surface area (Å²) in [6.07, 6.45) is 3.93. The van der Waals surface area contributed by atoms with Crippen molar-refractivity contribution in [3.63, 3.8) is 0 Å². The molecule has 4 nitrogen and oxygen atoms in total. The number of benzene rings is 1. The lowest BCUT2D eigenvalue weighted by Gasteiger charge is -2.36. The summed E-state index contributed by atoms with van der Waals surface area (Å²) < 4.78 is 12.8. The van der Waals surface area contributed by atoms with Crippen LogP contribution >= 0.6 is 0 Å². The number of rotatable bonds is 3. The van der Waals surface area contributed by atoms with Gasteiger partial charge in [-0.25, -0.2) is 4.39 Å². The van der Waals surface area contributed by atoms with E-state index in [-0.39, 0.29) is 35.4 Å². The van der Waals surface area contributed by atoms with Crippen LogP contribution in [0.25, 0.3) is 0 Å². The Morgan fingerprint density at radius 1 is 1.04 bits per heavy atom. The summed E-state index contributed by atoms with van der Waals surface area (Å²) in [5, 5.41) is 0. The van der Waals surface area contributed by atoms with Gasteiger partial charge in [-0.3, -0.25) is 20.4 Å². The second-order valence-electron chi connectivity index (χ2n) is 7.76. The maximum atomic E-state index is 12.8. The van der Waals surface area contributed by atoms with E-state index < -0.39 is 0 Å². The summed E-state index contributed by atoms with van der Waals surface area (Å²) in [4.78, 5) is 24.0. The quantitative estimate of drug-likeness (QED) is 0.833. The van der Waals surface area contributed by atoms with Gasteiger partial charge in [0.2, 0.25) is 11.8 Å². The Kier molecular flexibility index (Phi) is 5.97. The van der Waals surface area contributed by atoms with Crippen molar-refractivity contribution < 1.29 is 14.0 Å². The number of hydrazine groups is 1. The smallest absolute Gasteiger partial charge is 0.242 e. The molecule has 1 aliphatic carbocycles. The van der Waals surface area contributed by atoms with Gasteiger partial charge in [-0.15, -0.1) is 0 Å². The molecule has 0 aliphatic heterocycles. The van der Waals surface area contributed by atoms with Crippen LogP contribution in [0.2, 0.25) is 0 Å². The second-order valence-corrected chi connectivity index (χ2v) is 7.76. The molecule has 2 N–H and O–H groups in total. The Labute approximate surface area is 143 Å². The van der Waals surface area contributed by atoms with Gasteiger partial charge in [-0.05, 0) is 54.7 Å². The molecule has 5 heteroatoms. The number of carbonyl (C=O) groups is 2. The average Bonchev–Trinajstić information content (AvgIpc) is 2.54. The Balaban J connectivity index is 1.73. The largest absolute Gasteiger partial charge is 0.273 e. The molecule has 0 aromatic heterocycles. The molecule has 0 bridgehead atoms. The van der Waals surface area contributed by atoms with E-state index in [0.29, 0.717) is 11.5 Å². The first-order chi connectivity index (χ1) is 11.3. The van der Waals surface area contributed by atoms with Crippen molar-refractivity contribution in [3.05, 3.63) is 35.6 Å². The van der Waals surface area contributed by atoms with Crippen LogP contribution in [0.4, 0.5) is 4.39 Å². The molecule has 1 saturated carbocycles. The molecule has 1 aliphatic rings. The molecule has 1 fully saturated rings. The fourth-order valence-corrected chi connectivity index (χ4v) is 3.29. The molecule has 2 rings (SSSR count). The molecule has 0 spiro atoms. The molecule has 1 aromatic rings. The highest BCUT2D eigenvalue weighted by atomic mass is 19.1. The van der Waals surface area contributed by atoms with E-state index in [1.807, 2.05) is 0 Å². The van der Waals surface area contributed by atoms with E-state index in [4.69, 9.17) is 0 Å². The van der Waals surface area contributed by atoms with E-state index in [9.17, 15) is 14.0 Å². The molecule has 1 aromatic carbocycles. The molecule has 0 heterocycles. The maximum Gasteiger partial charge on any atom is 0.242 e.